The molecule has 3 rings (SSSR count). The van der Waals surface area contributed by atoms with Crippen LogP contribution in [0.3, 0.4) is 0 Å². The Hall–Kier alpha value is -2.86. The molecule has 3 aromatic rings. The van der Waals surface area contributed by atoms with Crippen molar-refractivity contribution < 1.29 is 9.47 Å². The van der Waals surface area contributed by atoms with Gasteiger partial charge in [-0.2, -0.15) is 5.10 Å². The van der Waals surface area contributed by atoms with E-state index in [1.54, 1.807) is 6.21 Å². The van der Waals surface area contributed by atoms with Crippen LogP contribution in [0.1, 0.15) is 25.8 Å². The SMILES string of the molecule is CCCOc1ccc(C=NNc2nc(-c3ccccc3)cs2)cc1OCC. The molecule has 0 radical (unpaired) electrons. The molecule has 0 aliphatic rings. The van der Waals surface area contributed by atoms with Crippen molar-refractivity contribution in [2.45, 2.75) is 20.3 Å². The van der Waals surface area contributed by atoms with Crippen molar-refractivity contribution in [1.29, 1.82) is 0 Å². The van der Waals surface area contributed by atoms with Gasteiger partial charge in [-0.3, -0.25) is 5.43 Å². The summed E-state index contributed by atoms with van der Waals surface area (Å²) in [5.41, 5.74) is 5.95. The van der Waals surface area contributed by atoms with E-state index in [1.165, 1.54) is 11.3 Å². The van der Waals surface area contributed by atoms with Crippen molar-refractivity contribution in [2.24, 2.45) is 5.10 Å². The molecular formula is C21H23N3O2S. The molecule has 0 aliphatic carbocycles. The molecule has 5 nitrogen and oxygen atoms in total. The van der Waals surface area contributed by atoms with Gasteiger partial charge in [-0.15, -0.1) is 11.3 Å². The average Bonchev–Trinajstić information content (AvgIpc) is 3.17. The predicted octanol–water partition coefficient (Wildman–Crippen LogP) is 5.44. The average molecular weight is 382 g/mol. The lowest BCUT2D eigenvalue weighted by molar-refractivity contribution is 0.277. The zero-order chi connectivity index (χ0) is 18.9. The summed E-state index contributed by atoms with van der Waals surface area (Å²) in [5, 5.41) is 7.05. The number of hydrogen-bond acceptors (Lipinski definition) is 6. The molecular weight excluding hydrogens is 358 g/mol. The van der Waals surface area contributed by atoms with Crippen molar-refractivity contribution >= 4 is 22.7 Å². The topological polar surface area (TPSA) is 55.7 Å². The van der Waals surface area contributed by atoms with Gasteiger partial charge in [0.05, 0.1) is 25.1 Å². The van der Waals surface area contributed by atoms with Crippen molar-refractivity contribution in [3.05, 3.63) is 59.5 Å². The van der Waals surface area contributed by atoms with E-state index in [2.05, 4.69) is 22.4 Å². The molecule has 140 valence electrons. The second kappa shape index (κ2) is 9.73. The standard InChI is InChI=1S/C21H23N3O2S/c1-3-12-26-19-11-10-16(13-20(19)25-4-2)14-22-24-21-23-18(15-27-21)17-8-6-5-7-9-17/h5-11,13-15H,3-4,12H2,1-2H3,(H,23,24). The van der Waals surface area contributed by atoms with E-state index in [-0.39, 0.29) is 0 Å². The third-order valence-corrected chi connectivity index (χ3v) is 4.42. The summed E-state index contributed by atoms with van der Waals surface area (Å²) in [6.45, 7) is 5.29. The first-order valence-electron chi connectivity index (χ1n) is 8.99. The van der Waals surface area contributed by atoms with Gasteiger partial charge < -0.3 is 9.47 Å². The highest BCUT2D eigenvalue weighted by Crippen LogP contribution is 2.28. The summed E-state index contributed by atoms with van der Waals surface area (Å²) < 4.78 is 11.4. The van der Waals surface area contributed by atoms with Gasteiger partial charge in [0.1, 0.15) is 0 Å². The number of hydrazone groups is 1. The van der Waals surface area contributed by atoms with E-state index in [4.69, 9.17) is 9.47 Å². The van der Waals surface area contributed by atoms with Crippen LogP contribution in [0, 0.1) is 0 Å². The number of nitrogens with one attached hydrogen (secondary N) is 1. The maximum atomic E-state index is 5.72. The van der Waals surface area contributed by atoms with Gasteiger partial charge in [0, 0.05) is 10.9 Å². The lowest BCUT2D eigenvalue weighted by atomic mass is 10.2. The third-order valence-electron chi connectivity index (χ3n) is 3.68. The Bertz CT molecular complexity index is 878. The smallest absolute Gasteiger partial charge is 0.203 e. The minimum Gasteiger partial charge on any atom is -0.490 e. The Morgan fingerprint density at radius 1 is 1.07 bits per heavy atom. The molecule has 2 aromatic carbocycles. The Kier molecular flexibility index (Phi) is 6.82. The molecule has 0 atom stereocenters. The van der Waals surface area contributed by atoms with Gasteiger partial charge >= 0.3 is 0 Å². The molecule has 0 spiro atoms. The van der Waals surface area contributed by atoms with E-state index < -0.39 is 0 Å². The number of benzene rings is 2. The highest BCUT2D eigenvalue weighted by molar-refractivity contribution is 7.14. The van der Waals surface area contributed by atoms with Crippen LogP contribution in [0.4, 0.5) is 5.13 Å². The van der Waals surface area contributed by atoms with Gasteiger partial charge in [-0.25, -0.2) is 4.98 Å². The summed E-state index contributed by atoms with van der Waals surface area (Å²) in [5.74, 6) is 1.49. The van der Waals surface area contributed by atoms with Crippen LogP contribution in [0.2, 0.25) is 0 Å². The van der Waals surface area contributed by atoms with Crippen LogP contribution in [-0.4, -0.2) is 24.4 Å². The van der Waals surface area contributed by atoms with E-state index in [9.17, 15) is 0 Å². The minimum atomic E-state index is 0.586. The molecule has 6 heteroatoms. The van der Waals surface area contributed by atoms with Crippen LogP contribution >= 0.6 is 11.3 Å². The molecule has 0 saturated carbocycles. The molecule has 1 N–H and O–H groups in total. The third kappa shape index (κ3) is 5.31. The Morgan fingerprint density at radius 3 is 2.70 bits per heavy atom. The zero-order valence-electron chi connectivity index (χ0n) is 15.5. The molecule has 0 saturated heterocycles. The van der Waals surface area contributed by atoms with Gasteiger partial charge in [-0.05, 0) is 37.1 Å². The first-order chi connectivity index (χ1) is 13.3. The Labute approximate surface area is 163 Å². The number of anilines is 1. The van der Waals surface area contributed by atoms with E-state index in [1.807, 2.05) is 60.8 Å². The minimum absolute atomic E-state index is 0.586. The number of hydrogen-bond donors (Lipinski definition) is 1. The number of nitrogens with zero attached hydrogens (tertiary/aromatic N) is 2. The quantitative estimate of drug-likeness (QED) is 0.396. The van der Waals surface area contributed by atoms with Crippen LogP contribution in [0.25, 0.3) is 11.3 Å². The highest BCUT2D eigenvalue weighted by atomic mass is 32.1. The molecule has 0 amide bonds. The van der Waals surface area contributed by atoms with Crippen molar-refractivity contribution in [1.82, 2.24) is 4.98 Å². The summed E-state index contributed by atoms with van der Waals surface area (Å²) in [6.07, 6.45) is 2.70. The van der Waals surface area contributed by atoms with Crippen LogP contribution in [-0.2, 0) is 0 Å². The lowest BCUT2D eigenvalue weighted by Crippen LogP contribution is -2.00. The van der Waals surface area contributed by atoms with Gasteiger partial charge in [0.15, 0.2) is 11.5 Å². The predicted molar refractivity (Wildman–Crippen MR) is 112 cm³/mol. The van der Waals surface area contributed by atoms with Crippen LogP contribution in [0.5, 0.6) is 11.5 Å². The molecule has 0 fully saturated rings. The summed E-state index contributed by atoms with van der Waals surface area (Å²) >= 11 is 1.52. The molecule has 0 bridgehead atoms. The maximum Gasteiger partial charge on any atom is 0.203 e. The zero-order valence-corrected chi connectivity index (χ0v) is 16.3. The number of ether oxygens (including phenoxy) is 2. The Balaban J connectivity index is 1.65. The van der Waals surface area contributed by atoms with Gasteiger partial charge in [-0.1, -0.05) is 37.3 Å². The second-order valence-electron chi connectivity index (χ2n) is 5.76. The Morgan fingerprint density at radius 2 is 1.93 bits per heavy atom. The fourth-order valence-corrected chi connectivity index (χ4v) is 3.10. The van der Waals surface area contributed by atoms with E-state index >= 15 is 0 Å². The lowest BCUT2D eigenvalue weighted by Gasteiger charge is -2.11. The van der Waals surface area contributed by atoms with E-state index in [0.29, 0.717) is 13.2 Å². The van der Waals surface area contributed by atoms with Crippen LogP contribution < -0.4 is 14.9 Å². The van der Waals surface area contributed by atoms with E-state index in [0.717, 1.165) is 39.9 Å². The molecule has 1 heterocycles. The molecule has 0 unspecified atom stereocenters. The highest BCUT2D eigenvalue weighted by Gasteiger charge is 2.06. The monoisotopic (exact) mass is 381 g/mol. The summed E-state index contributed by atoms with van der Waals surface area (Å²) in [6, 6.07) is 15.9. The summed E-state index contributed by atoms with van der Waals surface area (Å²) in [7, 11) is 0. The number of aromatic nitrogens is 1. The number of thiazole rings is 1. The molecule has 0 aliphatic heterocycles. The van der Waals surface area contributed by atoms with Crippen molar-refractivity contribution in [3.8, 4) is 22.8 Å². The second-order valence-corrected chi connectivity index (χ2v) is 6.62. The first-order valence-corrected chi connectivity index (χ1v) is 9.87. The van der Waals surface area contributed by atoms with Gasteiger partial charge in [0.2, 0.25) is 5.13 Å². The summed E-state index contributed by atoms with van der Waals surface area (Å²) in [4.78, 5) is 4.56. The largest absolute Gasteiger partial charge is 0.490 e. The van der Waals surface area contributed by atoms with Crippen LogP contribution in [0.15, 0.2) is 59.0 Å². The first kappa shape index (κ1) is 18.9. The molecule has 27 heavy (non-hydrogen) atoms. The molecule has 1 aromatic heterocycles. The normalized spacial score (nSPS) is 10.9. The van der Waals surface area contributed by atoms with Crippen molar-refractivity contribution in [3.63, 3.8) is 0 Å². The van der Waals surface area contributed by atoms with Crippen molar-refractivity contribution in [2.75, 3.05) is 18.6 Å². The fourth-order valence-electron chi connectivity index (χ4n) is 2.43. The maximum absolute atomic E-state index is 5.72. The number of rotatable bonds is 9. The fraction of sp³-hybridized carbons (Fsp3) is 0.238. The van der Waals surface area contributed by atoms with Gasteiger partial charge in [0.25, 0.3) is 0 Å².